The molecular formula is C14H20ClFN2O. The number of nitrogens with zero attached hydrogens (tertiary/aromatic N) is 1. The van der Waals surface area contributed by atoms with Gasteiger partial charge in [-0.15, -0.1) is 0 Å². The Morgan fingerprint density at radius 1 is 1.53 bits per heavy atom. The quantitative estimate of drug-likeness (QED) is 0.874. The Morgan fingerprint density at radius 2 is 2.21 bits per heavy atom. The summed E-state index contributed by atoms with van der Waals surface area (Å²) >= 11 is 5.93. The van der Waals surface area contributed by atoms with Gasteiger partial charge in [-0.3, -0.25) is 4.79 Å². The SMILES string of the molecule is CC(N)CCCC(=O)N(C)Cc1c(F)cccc1Cl. The molecule has 1 unspecified atom stereocenters. The molecule has 0 aliphatic carbocycles. The summed E-state index contributed by atoms with van der Waals surface area (Å²) in [6.07, 6.45) is 1.97. The Morgan fingerprint density at radius 3 is 2.79 bits per heavy atom. The third kappa shape index (κ3) is 5.17. The van der Waals surface area contributed by atoms with Crippen molar-refractivity contribution in [1.82, 2.24) is 4.90 Å². The summed E-state index contributed by atoms with van der Waals surface area (Å²) in [5.41, 5.74) is 5.98. The average molecular weight is 287 g/mol. The maximum atomic E-state index is 13.6. The van der Waals surface area contributed by atoms with E-state index >= 15 is 0 Å². The second kappa shape index (κ2) is 7.46. The number of amides is 1. The molecule has 0 fully saturated rings. The van der Waals surface area contributed by atoms with Gasteiger partial charge in [0.05, 0.1) is 0 Å². The third-order valence-electron chi connectivity index (χ3n) is 2.93. The smallest absolute Gasteiger partial charge is 0.222 e. The van der Waals surface area contributed by atoms with Crippen LogP contribution in [0.4, 0.5) is 4.39 Å². The molecule has 1 amide bonds. The highest BCUT2D eigenvalue weighted by atomic mass is 35.5. The van der Waals surface area contributed by atoms with E-state index in [1.54, 1.807) is 19.2 Å². The van der Waals surface area contributed by atoms with E-state index in [1.807, 2.05) is 6.92 Å². The number of nitrogens with two attached hydrogens (primary N) is 1. The van der Waals surface area contributed by atoms with Crippen LogP contribution >= 0.6 is 11.6 Å². The first-order valence-electron chi connectivity index (χ1n) is 6.34. The van der Waals surface area contributed by atoms with Crippen molar-refractivity contribution in [3.8, 4) is 0 Å². The first kappa shape index (κ1) is 15.9. The van der Waals surface area contributed by atoms with E-state index in [1.165, 1.54) is 11.0 Å². The third-order valence-corrected chi connectivity index (χ3v) is 3.29. The molecule has 0 bridgehead atoms. The molecule has 0 aliphatic heterocycles. The van der Waals surface area contributed by atoms with E-state index in [9.17, 15) is 9.18 Å². The monoisotopic (exact) mass is 286 g/mol. The summed E-state index contributed by atoms with van der Waals surface area (Å²) in [4.78, 5) is 13.4. The molecule has 19 heavy (non-hydrogen) atoms. The number of carbonyl (C=O) groups is 1. The van der Waals surface area contributed by atoms with Gasteiger partial charge in [-0.1, -0.05) is 17.7 Å². The van der Waals surface area contributed by atoms with E-state index in [2.05, 4.69) is 0 Å². The van der Waals surface area contributed by atoms with Crippen molar-refractivity contribution in [1.29, 1.82) is 0 Å². The van der Waals surface area contributed by atoms with Gasteiger partial charge in [0.25, 0.3) is 0 Å². The Kier molecular flexibility index (Phi) is 6.25. The molecule has 0 aromatic heterocycles. The van der Waals surface area contributed by atoms with E-state index in [0.29, 0.717) is 17.0 Å². The molecule has 0 spiro atoms. The maximum absolute atomic E-state index is 13.6. The highest BCUT2D eigenvalue weighted by Gasteiger charge is 2.14. The zero-order valence-electron chi connectivity index (χ0n) is 11.3. The van der Waals surface area contributed by atoms with Crippen molar-refractivity contribution in [2.24, 2.45) is 5.73 Å². The highest BCUT2D eigenvalue weighted by molar-refractivity contribution is 6.31. The van der Waals surface area contributed by atoms with Gasteiger partial charge >= 0.3 is 0 Å². The lowest BCUT2D eigenvalue weighted by Gasteiger charge is -2.18. The normalized spacial score (nSPS) is 12.3. The van der Waals surface area contributed by atoms with Crippen LogP contribution in [0.25, 0.3) is 0 Å². The molecule has 106 valence electrons. The van der Waals surface area contributed by atoms with E-state index in [4.69, 9.17) is 17.3 Å². The van der Waals surface area contributed by atoms with Crippen LogP contribution < -0.4 is 5.73 Å². The van der Waals surface area contributed by atoms with Crippen molar-refractivity contribution in [3.63, 3.8) is 0 Å². The fraction of sp³-hybridized carbons (Fsp3) is 0.500. The summed E-state index contributed by atoms with van der Waals surface area (Å²) < 4.78 is 13.6. The Balaban J connectivity index is 2.54. The zero-order chi connectivity index (χ0) is 14.4. The van der Waals surface area contributed by atoms with E-state index in [-0.39, 0.29) is 24.3 Å². The molecule has 1 aromatic rings. The number of hydrogen-bond donors (Lipinski definition) is 1. The van der Waals surface area contributed by atoms with Crippen LogP contribution in [0.15, 0.2) is 18.2 Å². The molecule has 0 saturated heterocycles. The minimum Gasteiger partial charge on any atom is -0.341 e. The van der Waals surface area contributed by atoms with Crippen LogP contribution in [0.5, 0.6) is 0 Å². The molecule has 1 aromatic carbocycles. The van der Waals surface area contributed by atoms with Gasteiger partial charge in [-0.05, 0) is 31.9 Å². The number of rotatable bonds is 6. The van der Waals surface area contributed by atoms with Crippen LogP contribution in [0.3, 0.4) is 0 Å². The lowest BCUT2D eigenvalue weighted by Crippen LogP contribution is -2.27. The lowest BCUT2D eigenvalue weighted by molar-refractivity contribution is -0.130. The number of halogens is 2. The summed E-state index contributed by atoms with van der Waals surface area (Å²) in [6.45, 7) is 2.09. The van der Waals surface area contributed by atoms with Crippen LogP contribution in [-0.2, 0) is 11.3 Å². The van der Waals surface area contributed by atoms with E-state index in [0.717, 1.165) is 12.8 Å². The van der Waals surface area contributed by atoms with Gasteiger partial charge in [-0.2, -0.15) is 0 Å². The molecular weight excluding hydrogens is 267 g/mol. The fourth-order valence-electron chi connectivity index (χ4n) is 1.77. The van der Waals surface area contributed by atoms with Crippen molar-refractivity contribution < 1.29 is 9.18 Å². The van der Waals surface area contributed by atoms with Gasteiger partial charge in [0.15, 0.2) is 0 Å². The predicted molar refractivity (Wildman–Crippen MR) is 75.4 cm³/mol. The van der Waals surface area contributed by atoms with Crippen molar-refractivity contribution >= 4 is 17.5 Å². The summed E-state index contributed by atoms with van der Waals surface area (Å²) in [5, 5.41) is 0.343. The van der Waals surface area contributed by atoms with Gasteiger partial charge in [-0.25, -0.2) is 4.39 Å². The van der Waals surface area contributed by atoms with Crippen molar-refractivity contribution in [2.75, 3.05) is 7.05 Å². The fourth-order valence-corrected chi connectivity index (χ4v) is 2.00. The minimum absolute atomic E-state index is 0.0278. The van der Waals surface area contributed by atoms with Gasteiger partial charge in [0, 0.05) is 36.6 Å². The van der Waals surface area contributed by atoms with Crippen molar-refractivity contribution in [2.45, 2.75) is 38.8 Å². The Bertz CT molecular complexity index is 417. The minimum atomic E-state index is -0.386. The summed E-state index contributed by atoms with van der Waals surface area (Å²) in [7, 11) is 1.65. The molecule has 1 rings (SSSR count). The largest absolute Gasteiger partial charge is 0.341 e. The van der Waals surface area contributed by atoms with E-state index < -0.39 is 0 Å². The lowest BCUT2D eigenvalue weighted by atomic mass is 10.1. The summed E-state index contributed by atoms with van der Waals surface area (Å²) in [6, 6.07) is 4.61. The first-order valence-corrected chi connectivity index (χ1v) is 6.72. The first-order chi connectivity index (χ1) is 8.91. The van der Waals surface area contributed by atoms with Gasteiger partial charge in [0.1, 0.15) is 5.82 Å². The average Bonchev–Trinajstić information content (AvgIpc) is 2.33. The van der Waals surface area contributed by atoms with Gasteiger partial charge < -0.3 is 10.6 Å². The number of hydrogen-bond acceptors (Lipinski definition) is 2. The summed E-state index contributed by atoms with van der Waals surface area (Å²) in [5.74, 6) is -0.414. The Labute approximate surface area is 118 Å². The Hall–Kier alpha value is -1.13. The molecule has 0 aliphatic rings. The maximum Gasteiger partial charge on any atom is 0.222 e. The van der Waals surface area contributed by atoms with Crippen LogP contribution in [-0.4, -0.2) is 23.9 Å². The molecule has 1 atom stereocenters. The second-order valence-corrected chi connectivity index (χ2v) is 5.23. The molecule has 3 nitrogen and oxygen atoms in total. The zero-order valence-corrected chi connectivity index (χ0v) is 12.1. The standard InChI is InChI=1S/C14H20ClFN2O/c1-10(17)5-3-8-14(19)18(2)9-11-12(15)6-4-7-13(11)16/h4,6-7,10H,3,5,8-9,17H2,1-2H3. The van der Waals surface area contributed by atoms with Crippen LogP contribution in [0.2, 0.25) is 5.02 Å². The van der Waals surface area contributed by atoms with Crippen LogP contribution in [0.1, 0.15) is 31.7 Å². The van der Waals surface area contributed by atoms with Crippen LogP contribution in [0, 0.1) is 5.82 Å². The molecule has 5 heteroatoms. The van der Waals surface area contributed by atoms with Gasteiger partial charge in [0.2, 0.25) is 5.91 Å². The topological polar surface area (TPSA) is 46.3 Å². The molecule has 0 heterocycles. The predicted octanol–water partition coefficient (Wildman–Crippen LogP) is 2.96. The number of benzene rings is 1. The highest BCUT2D eigenvalue weighted by Crippen LogP contribution is 2.20. The van der Waals surface area contributed by atoms with Crippen molar-refractivity contribution in [3.05, 3.63) is 34.6 Å². The molecule has 2 N–H and O–H groups in total. The second-order valence-electron chi connectivity index (χ2n) is 4.82. The molecule has 0 radical (unpaired) electrons. The number of carbonyl (C=O) groups excluding carboxylic acids is 1. The molecule has 0 saturated carbocycles.